The SMILES string of the molecule is CC[C@@]12CCC(=O)C[C@@H]1CCCc1nc3c(cnn3-c3ccc(F)cc3)cc12. The molecule has 0 radical (unpaired) electrons. The zero-order chi connectivity index (χ0) is 19.3. The van der Waals surface area contributed by atoms with Gasteiger partial charge in [0.15, 0.2) is 5.65 Å². The molecule has 0 bridgehead atoms. The number of Topliss-reactive ketones (excluding diaryl/α,β-unsaturated/α-hetero) is 1. The average molecular weight is 377 g/mol. The van der Waals surface area contributed by atoms with Crippen LogP contribution in [0.4, 0.5) is 4.39 Å². The first kappa shape index (κ1) is 17.5. The van der Waals surface area contributed by atoms with E-state index >= 15 is 0 Å². The second-order valence-corrected chi connectivity index (χ2v) is 8.27. The predicted molar refractivity (Wildman–Crippen MR) is 106 cm³/mol. The van der Waals surface area contributed by atoms with Crippen LogP contribution in [0.1, 0.15) is 56.7 Å². The number of aryl methyl sites for hydroxylation is 1. The maximum Gasteiger partial charge on any atom is 0.163 e. The zero-order valence-corrected chi connectivity index (χ0v) is 16.1. The van der Waals surface area contributed by atoms with Gasteiger partial charge in [-0.25, -0.2) is 14.1 Å². The van der Waals surface area contributed by atoms with E-state index in [0.717, 1.165) is 54.5 Å². The Morgan fingerprint density at radius 2 is 2.07 bits per heavy atom. The van der Waals surface area contributed by atoms with E-state index in [1.165, 1.54) is 17.7 Å². The van der Waals surface area contributed by atoms with Crippen LogP contribution in [0.3, 0.4) is 0 Å². The minimum Gasteiger partial charge on any atom is -0.300 e. The van der Waals surface area contributed by atoms with Gasteiger partial charge in [0.2, 0.25) is 0 Å². The van der Waals surface area contributed by atoms with Gasteiger partial charge in [-0.3, -0.25) is 4.79 Å². The Bertz CT molecular complexity index is 1060. The number of fused-ring (bicyclic) bond motifs is 4. The summed E-state index contributed by atoms with van der Waals surface area (Å²) in [6.45, 7) is 2.25. The summed E-state index contributed by atoms with van der Waals surface area (Å²) >= 11 is 0. The lowest BCUT2D eigenvalue weighted by molar-refractivity contribution is -0.123. The Kier molecular flexibility index (Phi) is 4.07. The molecule has 2 heterocycles. The highest BCUT2D eigenvalue weighted by molar-refractivity contribution is 5.81. The molecule has 1 fully saturated rings. The molecular formula is C23H24FN3O. The van der Waals surface area contributed by atoms with Crippen molar-refractivity contribution in [1.82, 2.24) is 14.8 Å². The summed E-state index contributed by atoms with van der Waals surface area (Å²) in [5.41, 5.74) is 4.16. The first-order chi connectivity index (χ1) is 13.6. The van der Waals surface area contributed by atoms with E-state index in [2.05, 4.69) is 18.1 Å². The van der Waals surface area contributed by atoms with E-state index in [4.69, 9.17) is 4.98 Å². The maximum atomic E-state index is 13.3. The fourth-order valence-electron chi connectivity index (χ4n) is 5.43. The molecule has 0 N–H and O–H groups in total. The van der Waals surface area contributed by atoms with E-state index < -0.39 is 0 Å². The largest absolute Gasteiger partial charge is 0.300 e. The smallest absolute Gasteiger partial charge is 0.163 e. The Balaban J connectivity index is 1.67. The quantitative estimate of drug-likeness (QED) is 0.637. The number of ketones is 1. The number of hydrogen-bond acceptors (Lipinski definition) is 3. The number of hydrogen-bond donors (Lipinski definition) is 0. The van der Waals surface area contributed by atoms with Gasteiger partial charge in [-0.2, -0.15) is 5.10 Å². The van der Waals surface area contributed by atoms with Gasteiger partial charge in [0.05, 0.1) is 11.9 Å². The van der Waals surface area contributed by atoms with Gasteiger partial charge in [0.25, 0.3) is 0 Å². The number of carbonyl (C=O) groups excluding carboxylic acids is 1. The number of benzene rings is 1. The fraction of sp³-hybridized carbons (Fsp3) is 0.435. The minimum absolute atomic E-state index is 0.0545. The topological polar surface area (TPSA) is 47.8 Å². The summed E-state index contributed by atoms with van der Waals surface area (Å²) in [6, 6.07) is 8.61. The van der Waals surface area contributed by atoms with Crippen LogP contribution in [0.25, 0.3) is 16.7 Å². The summed E-state index contributed by atoms with van der Waals surface area (Å²) in [7, 11) is 0. The van der Waals surface area contributed by atoms with Crippen LogP contribution in [0, 0.1) is 11.7 Å². The first-order valence-electron chi connectivity index (χ1n) is 10.3. The van der Waals surface area contributed by atoms with Crippen molar-refractivity contribution in [3.63, 3.8) is 0 Å². The highest BCUT2D eigenvalue weighted by atomic mass is 19.1. The van der Waals surface area contributed by atoms with Crippen LogP contribution in [-0.2, 0) is 16.6 Å². The van der Waals surface area contributed by atoms with Crippen LogP contribution in [0.5, 0.6) is 0 Å². The molecule has 0 saturated heterocycles. The van der Waals surface area contributed by atoms with Crippen LogP contribution in [0.15, 0.2) is 36.5 Å². The third-order valence-corrected chi connectivity index (χ3v) is 6.93. The zero-order valence-electron chi connectivity index (χ0n) is 16.1. The van der Waals surface area contributed by atoms with E-state index in [-0.39, 0.29) is 11.2 Å². The standard InChI is InChI=1S/C23H24FN3O/c1-2-23-11-10-19(28)13-16(23)4-3-5-21-20(23)12-15-14-25-27(22(15)26-21)18-8-6-17(24)7-9-18/h6-9,12,14,16H,2-5,10-11,13H2,1H3/t16-,23+/m0/s1. The number of halogens is 1. The van der Waals surface area contributed by atoms with Crippen LogP contribution < -0.4 is 0 Å². The van der Waals surface area contributed by atoms with Crippen molar-refractivity contribution < 1.29 is 9.18 Å². The molecule has 5 heteroatoms. The number of rotatable bonds is 2. The van der Waals surface area contributed by atoms with E-state index in [9.17, 15) is 9.18 Å². The second-order valence-electron chi connectivity index (χ2n) is 8.27. The Morgan fingerprint density at radius 1 is 1.25 bits per heavy atom. The molecular weight excluding hydrogens is 353 g/mol. The molecule has 0 unspecified atom stereocenters. The highest BCUT2D eigenvalue weighted by Crippen LogP contribution is 2.50. The van der Waals surface area contributed by atoms with Crippen molar-refractivity contribution in [1.29, 1.82) is 0 Å². The molecule has 2 atom stereocenters. The summed E-state index contributed by atoms with van der Waals surface area (Å²) in [5, 5.41) is 5.54. The van der Waals surface area contributed by atoms with Gasteiger partial charge < -0.3 is 0 Å². The van der Waals surface area contributed by atoms with Crippen LogP contribution in [0.2, 0.25) is 0 Å². The molecule has 4 nitrogen and oxygen atoms in total. The van der Waals surface area contributed by atoms with Crippen molar-refractivity contribution in [2.45, 2.75) is 57.3 Å². The number of carbonyl (C=O) groups is 1. The molecule has 0 amide bonds. The van der Waals surface area contributed by atoms with Crippen molar-refractivity contribution in [3.05, 3.63) is 53.6 Å². The normalized spacial score (nSPS) is 24.6. The molecule has 2 aliphatic rings. The molecule has 1 aromatic carbocycles. The Labute approximate surface area is 163 Å². The van der Waals surface area contributed by atoms with Gasteiger partial charge in [0.1, 0.15) is 11.6 Å². The third kappa shape index (κ3) is 2.60. The predicted octanol–water partition coefficient (Wildman–Crippen LogP) is 4.91. The molecule has 0 aliphatic heterocycles. The van der Waals surface area contributed by atoms with Crippen LogP contribution >= 0.6 is 0 Å². The lowest BCUT2D eigenvalue weighted by Gasteiger charge is -2.43. The van der Waals surface area contributed by atoms with Gasteiger partial charge in [0, 0.05) is 29.3 Å². The molecule has 5 rings (SSSR count). The first-order valence-corrected chi connectivity index (χ1v) is 10.3. The molecule has 0 spiro atoms. The number of nitrogens with zero attached hydrogens (tertiary/aromatic N) is 3. The molecule has 2 aromatic heterocycles. The Morgan fingerprint density at radius 3 is 2.86 bits per heavy atom. The van der Waals surface area contributed by atoms with Gasteiger partial charge in [-0.15, -0.1) is 0 Å². The highest BCUT2D eigenvalue weighted by Gasteiger charge is 2.45. The van der Waals surface area contributed by atoms with Gasteiger partial charge in [-0.1, -0.05) is 6.92 Å². The molecule has 1 saturated carbocycles. The summed E-state index contributed by atoms with van der Waals surface area (Å²) in [6.07, 6.45) is 8.30. The fourth-order valence-corrected chi connectivity index (χ4v) is 5.43. The third-order valence-electron chi connectivity index (χ3n) is 6.93. The maximum absolute atomic E-state index is 13.3. The number of aromatic nitrogens is 3. The van der Waals surface area contributed by atoms with Crippen molar-refractivity contribution >= 4 is 16.8 Å². The number of pyridine rings is 1. The monoisotopic (exact) mass is 377 g/mol. The lowest BCUT2D eigenvalue weighted by atomic mass is 9.60. The Hall–Kier alpha value is -2.56. The van der Waals surface area contributed by atoms with E-state index in [1.807, 2.05) is 6.20 Å². The minimum atomic E-state index is -0.259. The molecule has 2 aliphatic carbocycles. The van der Waals surface area contributed by atoms with Crippen molar-refractivity contribution in [2.24, 2.45) is 5.92 Å². The van der Waals surface area contributed by atoms with Gasteiger partial charge in [-0.05, 0) is 73.9 Å². The van der Waals surface area contributed by atoms with E-state index in [1.54, 1.807) is 16.8 Å². The van der Waals surface area contributed by atoms with Crippen LogP contribution in [-0.4, -0.2) is 20.5 Å². The van der Waals surface area contributed by atoms with E-state index in [0.29, 0.717) is 24.5 Å². The summed E-state index contributed by atoms with van der Waals surface area (Å²) < 4.78 is 15.1. The second kappa shape index (κ2) is 6.50. The summed E-state index contributed by atoms with van der Waals surface area (Å²) in [5.74, 6) is 0.576. The van der Waals surface area contributed by atoms with Crippen molar-refractivity contribution in [3.8, 4) is 5.69 Å². The molecule has 144 valence electrons. The molecule has 28 heavy (non-hydrogen) atoms. The van der Waals surface area contributed by atoms with Crippen molar-refractivity contribution in [2.75, 3.05) is 0 Å². The van der Waals surface area contributed by atoms with Gasteiger partial charge >= 0.3 is 0 Å². The average Bonchev–Trinajstić information content (AvgIpc) is 3.04. The lowest BCUT2D eigenvalue weighted by Crippen LogP contribution is -2.40. The summed E-state index contributed by atoms with van der Waals surface area (Å²) in [4.78, 5) is 17.2. The molecule has 3 aromatic rings.